The van der Waals surface area contributed by atoms with Crippen molar-refractivity contribution in [2.75, 3.05) is 13.1 Å². The Morgan fingerprint density at radius 1 is 0.952 bits per heavy atom. The quantitative estimate of drug-likeness (QED) is 0.849. The maximum atomic E-state index is 12.3. The van der Waals surface area contributed by atoms with Crippen LogP contribution in [-0.2, 0) is 22.4 Å². The van der Waals surface area contributed by atoms with E-state index in [2.05, 4.69) is 0 Å². The molecule has 0 spiro atoms. The van der Waals surface area contributed by atoms with Gasteiger partial charge in [-0.2, -0.15) is 0 Å². The van der Waals surface area contributed by atoms with Gasteiger partial charge in [0.1, 0.15) is 13.1 Å². The van der Waals surface area contributed by atoms with Crippen molar-refractivity contribution in [2.45, 2.75) is 25.7 Å². The van der Waals surface area contributed by atoms with Crippen LogP contribution in [0, 0.1) is 0 Å². The van der Waals surface area contributed by atoms with Crippen LogP contribution < -0.4 is 0 Å². The lowest BCUT2D eigenvalue weighted by Crippen LogP contribution is -2.39. The number of hydrogen-bond donors (Lipinski definition) is 2. The van der Waals surface area contributed by atoms with Gasteiger partial charge in [0.2, 0.25) is 0 Å². The molecule has 0 aromatic heterocycles. The summed E-state index contributed by atoms with van der Waals surface area (Å²) < 4.78 is 0. The second kappa shape index (κ2) is 6.39. The minimum atomic E-state index is -1.23. The Morgan fingerprint density at radius 2 is 1.52 bits per heavy atom. The highest BCUT2D eigenvalue weighted by Crippen LogP contribution is 2.22. The predicted octanol–water partition coefficient (Wildman–Crippen LogP) is 1.18. The lowest BCUT2D eigenvalue weighted by molar-refractivity contribution is -0.140. The average molecular weight is 291 g/mol. The Labute approximate surface area is 122 Å². The van der Waals surface area contributed by atoms with E-state index in [1.165, 1.54) is 5.56 Å². The van der Waals surface area contributed by atoms with Crippen molar-refractivity contribution >= 4 is 17.8 Å². The van der Waals surface area contributed by atoms with E-state index < -0.39 is 30.9 Å². The Morgan fingerprint density at radius 3 is 2.10 bits per heavy atom. The molecule has 0 saturated heterocycles. The molecule has 0 bridgehead atoms. The van der Waals surface area contributed by atoms with E-state index in [1.54, 1.807) is 12.1 Å². The topological polar surface area (TPSA) is 94.9 Å². The van der Waals surface area contributed by atoms with E-state index in [1.807, 2.05) is 6.07 Å². The molecule has 0 unspecified atom stereocenters. The number of amides is 1. The standard InChI is InChI=1S/C15H17NO5/c17-13(18)8-16(9-14(19)20)15(21)12-6-5-10-3-1-2-4-11(10)7-12/h5-7H,1-4,8-9H2,(H,17,18)(H,19,20). The smallest absolute Gasteiger partial charge is 0.323 e. The Balaban J connectivity index is 2.23. The number of carboxylic acid groups (broad SMARTS) is 2. The molecule has 1 aliphatic carbocycles. The maximum absolute atomic E-state index is 12.3. The van der Waals surface area contributed by atoms with Crippen LogP contribution in [0.15, 0.2) is 18.2 Å². The molecular weight excluding hydrogens is 274 g/mol. The van der Waals surface area contributed by atoms with E-state index in [9.17, 15) is 14.4 Å². The molecule has 1 aromatic carbocycles. The normalized spacial score (nSPS) is 13.3. The largest absolute Gasteiger partial charge is 0.480 e. The van der Waals surface area contributed by atoms with E-state index in [0.29, 0.717) is 5.56 Å². The minimum absolute atomic E-state index is 0.346. The van der Waals surface area contributed by atoms with Crippen molar-refractivity contribution < 1.29 is 24.6 Å². The highest BCUT2D eigenvalue weighted by atomic mass is 16.4. The number of rotatable bonds is 5. The summed E-state index contributed by atoms with van der Waals surface area (Å²) in [6.45, 7) is -1.25. The van der Waals surface area contributed by atoms with Crippen LogP contribution in [-0.4, -0.2) is 46.0 Å². The van der Waals surface area contributed by atoms with Gasteiger partial charge in [-0.25, -0.2) is 0 Å². The fraction of sp³-hybridized carbons (Fsp3) is 0.400. The first-order chi connectivity index (χ1) is 9.97. The van der Waals surface area contributed by atoms with Crippen LogP contribution in [0.1, 0.15) is 34.3 Å². The van der Waals surface area contributed by atoms with Crippen molar-refractivity contribution in [2.24, 2.45) is 0 Å². The third kappa shape index (κ3) is 3.81. The number of benzene rings is 1. The minimum Gasteiger partial charge on any atom is -0.480 e. The molecule has 2 rings (SSSR count). The molecule has 1 aromatic rings. The molecule has 0 atom stereocenters. The molecule has 2 N–H and O–H groups in total. The highest BCUT2D eigenvalue weighted by Gasteiger charge is 2.22. The predicted molar refractivity (Wildman–Crippen MR) is 74.3 cm³/mol. The summed E-state index contributed by atoms with van der Waals surface area (Å²) in [6.07, 6.45) is 4.08. The summed E-state index contributed by atoms with van der Waals surface area (Å²) >= 11 is 0. The van der Waals surface area contributed by atoms with Gasteiger partial charge in [0.05, 0.1) is 0 Å². The van der Waals surface area contributed by atoms with Gasteiger partial charge < -0.3 is 15.1 Å². The van der Waals surface area contributed by atoms with Gasteiger partial charge >= 0.3 is 11.9 Å². The van der Waals surface area contributed by atoms with Gasteiger partial charge in [-0.1, -0.05) is 6.07 Å². The maximum Gasteiger partial charge on any atom is 0.323 e. The molecule has 0 fully saturated rings. The van der Waals surface area contributed by atoms with E-state index in [4.69, 9.17) is 10.2 Å². The number of aryl methyl sites for hydroxylation is 2. The second-order valence-electron chi connectivity index (χ2n) is 5.14. The summed E-state index contributed by atoms with van der Waals surface area (Å²) in [5, 5.41) is 17.6. The van der Waals surface area contributed by atoms with Gasteiger partial charge in [-0.3, -0.25) is 14.4 Å². The molecular formula is C15H17NO5. The Kier molecular flexibility index (Phi) is 4.57. The molecule has 1 amide bonds. The first-order valence-corrected chi connectivity index (χ1v) is 6.82. The number of aliphatic carboxylic acids is 2. The first-order valence-electron chi connectivity index (χ1n) is 6.82. The van der Waals surface area contributed by atoms with Crippen LogP contribution >= 0.6 is 0 Å². The van der Waals surface area contributed by atoms with E-state index >= 15 is 0 Å². The number of fused-ring (bicyclic) bond motifs is 1. The van der Waals surface area contributed by atoms with Gasteiger partial charge in [0.15, 0.2) is 0 Å². The van der Waals surface area contributed by atoms with Gasteiger partial charge in [-0.05, 0) is 48.9 Å². The number of hydrogen-bond acceptors (Lipinski definition) is 3. The van der Waals surface area contributed by atoms with Crippen LogP contribution in [0.25, 0.3) is 0 Å². The SMILES string of the molecule is O=C(O)CN(CC(=O)O)C(=O)c1ccc2c(c1)CCCC2. The fourth-order valence-electron chi connectivity index (χ4n) is 2.58. The van der Waals surface area contributed by atoms with Crippen LogP contribution in [0.5, 0.6) is 0 Å². The monoisotopic (exact) mass is 291 g/mol. The van der Waals surface area contributed by atoms with Crippen LogP contribution in [0.2, 0.25) is 0 Å². The molecule has 0 saturated carbocycles. The van der Waals surface area contributed by atoms with Crippen LogP contribution in [0.3, 0.4) is 0 Å². The van der Waals surface area contributed by atoms with Gasteiger partial charge in [0.25, 0.3) is 5.91 Å². The summed E-state index contributed by atoms with van der Waals surface area (Å²) in [7, 11) is 0. The molecule has 0 radical (unpaired) electrons. The fourth-order valence-corrected chi connectivity index (χ4v) is 2.58. The van der Waals surface area contributed by atoms with Crippen molar-refractivity contribution in [3.63, 3.8) is 0 Å². The summed E-state index contributed by atoms with van der Waals surface area (Å²) in [4.78, 5) is 34.7. The number of carboxylic acids is 2. The Bertz CT molecular complexity index is 565. The van der Waals surface area contributed by atoms with Crippen molar-refractivity contribution in [1.29, 1.82) is 0 Å². The zero-order chi connectivity index (χ0) is 15.4. The number of carbonyl (C=O) groups excluding carboxylic acids is 1. The zero-order valence-electron chi connectivity index (χ0n) is 11.5. The molecule has 0 aliphatic heterocycles. The van der Waals surface area contributed by atoms with Crippen molar-refractivity contribution in [3.8, 4) is 0 Å². The Hall–Kier alpha value is -2.37. The molecule has 21 heavy (non-hydrogen) atoms. The second-order valence-corrected chi connectivity index (χ2v) is 5.14. The summed E-state index contributed by atoms with van der Waals surface area (Å²) in [5.74, 6) is -3.03. The third-order valence-corrected chi connectivity index (χ3v) is 3.53. The summed E-state index contributed by atoms with van der Waals surface area (Å²) in [6, 6.07) is 5.28. The van der Waals surface area contributed by atoms with E-state index in [0.717, 1.165) is 36.1 Å². The van der Waals surface area contributed by atoms with Crippen LogP contribution in [0.4, 0.5) is 0 Å². The van der Waals surface area contributed by atoms with Gasteiger partial charge in [-0.15, -0.1) is 0 Å². The number of carbonyl (C=O) groups is 3. The lowest BCUT2D eigenvalue weighted by Gasteiger charge is -2.21. The lowest BCUT2D eigenvalue weighted by atomic mass is 9.90. The summed E-state index contributed by atoms with van der Waals surface area (Å²) in [5.41, 5.74) is 2.65. The van der Waals surface area contributed by atoms with Crippen molar-refractivity contribution in [3.05, 3.63) is 34.9 Å². The zero-order valence-corrected chi connectivity index (χ0v) is 11.5. The molecule has 6 nitrogen and oxygen atoms in total. The highest BCUT2D eigenvalue weighted by molar-refractivity contribution is 5.97. The molecule has 112 valence electrons. The molecule has 0 heterocycles. The number of nitrogens with zero attached hydrogens (tertiary/aromatic N) is 1. The van der Waals surface area contributed by atoms with Gasteiger partial charge in [0, 0.05) is 5.56 Å². The average Bonchev–Trinajstić information content (AvgIpc) is 2.44. The molecule has 6 heteroatoms. The molecule has 1 aliphatic rings. The van der Waals surface area contributed by atoms with Crippen molar-refractivity contribution in [1.82, 2.24) is 4.90 Å². The first kappa shape index (κ1) is 15.0. The van der Waals surface area contributed by atoms with E-state index in [-0.39, 0.29) is 0 Å². The third-order valence-electron chi connectivity index (χ3n) is 3.53.